The molecule has 0 radical (unpaired) electrons. The molecular formula is C28H28N4O2S. The number of hydrogen-bond acceptors (Lipinski definition) is 5. The zero-order valence-corrected chi connectivity index (χ0v) is 20.7. The first-order valence-corrected chi connectivity index (χ1v) is 12.9. The Balaban J connectivity index is 1.31. The predicted molar refractivity (Wildman–Crippen MR) is 141 cm³/mol. The molecule has 1 saturated heterocycles. The van der Waals surface area contributed by atoms with Crippen molar-refractivity contribution >= 4 is 32.6 Å². The summed E-state index contributed by atoms with van der Waals surface area (Å²) in [7, 11) is 1.86. The number of thiazole rings is 1. The van der Waals surface area contributed by atoms with Gasteiger partial charge in [-0.2, -0.15) is 0 Å². The molecule has 0 N–H and O–H groups in total. The van der Waals surface area contributed by atoms with Crippen molar-refractivity contribution in [1.29, 1.82) is 0 Å². The van der Waals surface area contributed by atoms with E-state index in [1.54, 1.807) is 15.9 Å². The van der Waals surface area contributed by atoms with Crippen LogP contribution in [0, 0.1) is 0 Å². The molecule has 1 aliphatic rings. The molecule has 0 saturated carbocycles. The number of ether oxygens (including phenoxy) is 1. The third kappa shape index (κ3) is 3.75. The normalized spacial score (nSPS) is 17.1. The molecule has 0 aliphatic carbocycles. The highest BCUT2D eigenvalue weighted by molar-refractivity contribution is 7.20. The van der Waals surface area contributed by atoms with Gasteiger partial charge in [0.2, 0.25) is 0 Å². The lowest BCUT2D eigenvalue weighted by molar-refractivity contribution is -0.0911. The second-order valence-electron chi connectivity index (χ2n) is 9.32. The second kappa shape index (κ2) is 8.66. The van der Waals surface area contributed by atoms with Crippen LogP contribution in [-0.4, -0.2) is 32.1 Å². The van der Waals surface area contributed by atoms with Gasteiger partial charge in [-0.05, 0) is 44.0 Å². The van der Waals surface area contributed by atoms with Crippen LogP contribution in [-0.2, 0) is 12.8 Å². The summed E-state index contributed by atoms with van der Waals surface area (Å²) in [6.07, 6.45) is 1.75. The molecule has 6 rings (SSSR count). The lowest BCUT2D eigenvalue weighted by Crippen LogP contribution is -2.52. The fraction of sp³-hybridized carbons (Fsp3) is 0.286. The first kappa shape index (κ1) is 22.1. The average molecular weight is 485 g/mol. The fourth-order valence-electron chi connectivity index (χ4n) is 5.34. The van der Waals surface area contributed by atoms with Crippen LogP contribution < -0.4 is 10.4 Å². The Morgan fingerprint density at radius 1 is 0.914 bits per heavy atom. The topological polar surface area (TPSA) is 52.3 Å². The fourth-order valence-corrected chi connectivity index (χ4v) is 6.24. The number of benzene rings is 3. The first-order valence-electron chi connectivity index (χ1n) is 12.1. The lowest BCUT2D eigenvalue weighted by atomic mass is 9.97. The van der Waals surface area contributed by atoms with E-state index in [1.807, 2.05) is 60.1 Å². The molecule has 1 unspecified atom stereocenters. The highest BCUT2D eigenvalue weighted by atomic mass is 32.1. The van der Waals surface area contributed by atoms with Crippen LogP contribution in [0.5, 0.6) is 5.19 Å². The Morgan fingerprint density at radius 2 is 1.57 bits per heavy atom. The number of likely N-dealkylation sites (tertiary alicyclic amines) is 1. The van der Waals surface area contributed by atoms with Gasteiger partial charge in [-0.25, -0.2) is 9.78 Å². The highest BCUT2D eigenvalue weighted by Crippen LogP contribution is 2.38. The average Bonchev–Trinajstić information content (AvgIpc) is 3.42. The number of aryl methyl sites for hydroxylation is 1. The van der Waals surface area contributed by atoms with Gasteiger partial charge in [-0.3, -0.25) is 14.0 Å². The van der Waals surface area contributed by atoms with Gasteiger partial charge < -0.3 is 4.74 Å². The van der Waals surface area contributed by atoms with Crippen LogP contribution in [0.2, 0.25) is 0 Å². The van der Waals surface area contributed by atoms with Gasteiger partial charge in [0.25, 0.3) is 5.19 Å². The van der Waals surface area contributed by atoms with Gasteiger partial charge >= 0.3 is 5.69 Å². The van der Waals surface area contributed by atoms with E-state index in [2.05, 4.69) is 42.2 Å². The summed E-state index contributed by atoms with van der Waals surface area (Å²) >= 11 is 1.58. The van der Waals surface area contributed by atoms with Crippen molar-refractivity contribution < 1.29 is 4.74 Å². The molecular weight excluding hydrogens is 456 g/mol. The Hall–Kier alpha value is -3.42. The third-order valence-corrected chi connectivity index (χ3v) is 8.21. The summed E-state index contributed by atoms with van der Waals surface area (Å²) in [6, 6.07) is 26.7. The van der Waals surface area contributed by atoms with Crippen molar-refractivity contribution in [2.75, 3.05) is 13.1 Å². The van der Waals surface area contributed by atoms with Crippen LogP contribution in [0.15, 0.2) is 83.7 Å². The molecule has 1 fully saturated rings. The summed E-state index contributed by atoms with van der Waals surface area (Å²) in [5.41, 5.74) is 3.44. The van der Waals surface area contributed by atoms with Gasteiger partial charge in [0.1, 0.15) is 0 Å². The number of fused-ring (bicyclic) bond motifs is 2. The van der Waals surface area contributed by atoms with E-state index in [0.29, 0.717) is 5.19 Å². The zero-order chi connectivity index (χ0) is 24.0. The Labute approximate surface area is 208 Å². The van der Waals surface area contributed by atoms with Gasteiger partial charge in [0.05, 0.1) is 21.3 Å². The van der Waals surface area contributed by atoms with Crippen molar-refractivity contribution in [1.82, 2.24) is 19.0 Å². The number of aromatic nitrogens is 3. The van der Waals surface area contributed by atoms with Gasteiger partial charge in [-0.15, -0.1) is 0 Å². The standard InChI is InChI=1S/C28H28N4O2S/c1-28(20-10-4-3-5-11-20,34-26-29-22-12-6-9-15-25(22)35-26)31-18-16-21(17-19-31)32-24-14-8-7-13-23(24)30(2)27(32)33/h3-15,21H,16-19H2,1-2H3. The molecule has 0 spiro atoms. The molecule has 1 atom stereocenters. The summed E-state index contributed by atoms with van der Waals surface area (Å²) < 4.78 is 11.6. The summed E-state index contributed by atoms with van der Waals surface area (Å²) in [5.74, 6) is 0. The molecule has 3 aromatic carbocycles. The van der Waals surface area contributed by atoms with Crippen LogP contribution >= 0.6 is 11.3 Å². The van der Waals surface area contributed by atoms with Gasteiger partial charge in [0.15, 0.2) is 5.72 Å². The largest absolute Gasteiger partial charge is 0.444 e. The number of rotatable bonds is 5. The van der Waals surface area contributed by atoms with E-state index in [1.165, 1.54) is 0 Å². The zero-order valence-electron chi connectivity index (χ0n) is 19.9. The van der Waals surface area contributed by atoms with E-state index in [9.17, 15) is 4.79 Å². The molecule has 1 aliphatic heterocycles. The van der Waals surface area contributed by atoms with Gasteiger partial charge in [0, 0.05) is 31.7 Å². The van der Waals surface area contributed by atoms with Crippen LogP contribution in [0.3, 0.4) is 0 Å². The third-order valence-electron chi connectivity index (χ3n) is 7.30. The first-order chi connectivity index (χ1) is 17.0. The summed E-state index contributed by atoms with van der Waals surface area (Å²) in [6.45, 7) is 3.77. The number of hydrogen-bond donors (Lipinski definition) is 0. The highest BCUT2D eigenvalue weighted by Gasteiger charge is 2.40. The van der Waals surface area contributed by atoms with Crippen molar-refractivity contribution in [3.63, 3.8) is 0 Å². The Morgan fingerprint density at radius 3 is 2.31 bits per heavy atom. The van der Waals surface area contributed by atoms with Crippen molar-refractivity contribution in [3.05, 3.63) is 94.9 Å². The lowest BCUT2D eigenvalue weighted by Gasteiger charge is -2.44. The quantitative estimate of drug-likeness (QED) is 0.329. The molecule has 3 heterocycles. The molecule has 5 aromatic rings. The number of imidazole rings is 1. The maximum atomic E-state index is 13.1. The van der Waals surface area contributed by atoms with Crippen LogP contribution in [0.25, 0.3) is 21.3 Å². The molecule has 0 bridgehead atoms. The second-order valence-corrected chi connectivity index (χ2v) is 10.3. The van der Waals surface area contributed by atoms with Crippen LogP contribution in [0.4, 0.5) is 0 Å². The maximum Gasteiger partial charge on any atom is 0.329 e. The molecule has 7 heteroatoms. The molecule has 0 amide bonds. The van der Waals surface area contributed by atoms with E-state index in [-0.39, 0.29) is 11.7 Å². The monoisotopic (exact) mass is 484 g/mol. The van der Waals surface area contributed by atoms with Crippen molar-refractivity contribution in [3.8, 4) is 5.19 Å². The molecule has 2 aromatic heterocycles. The van der Waals surface area contributed by atoms with E-state index in [0.717, 1.165) is 52.7 Å². The van der Waals surface area contributed by atoms with Gasteiger partial charge in [-0.1, -0.05) is 65.9 Å². The number of para-hydroxylation sites is 3. The summed E-state index contributed by atoms with van der Waals surface area (Å²) in [4.78, 5) is 20.2. The van der Waals surface area contributed by atoms with Crippen LogP contribution in [0.1, 0.15) is 31.4 Å². The van der Waals surface area contributed by atoms with E-state index < -0.39 is 5.72 Å². The minimum absolute atomic E-state index is 0.0567. The Kier molecular flexibility index (Phi) is 5.46. The molecule has 35 heavy (non-hydrogen) atoms. The van der Waals surface area contributed by atoms with Crippen molar-refractivity contribution in [2.45, 2.75) is 31.5 Å². The number of piperidine rings is 1. The Bertz CT molecular complexity index is 1510. The van der Waals surface area contributed by atoms with E-state index >= 15 is 0 Å². The number of nitrogens with zero attached hydrogens (tertiary/aromatic N) is 4. The molecule has 178 valence electrons. The van der Waals surface area contributed by atoms with Crippen molar-refractivity contribution in [2.24, 2.45) is 7.05 Å². The van der Waals surface area contributed by atoms with E-state index in [4.69, 9.17) is 9.72 Å². The smallest absolute Gasteiger partial charge is 0.329 e. The predicted octanol–water partition coefficient (Wildman–Crippen LogP) is 5.54. The summed E-state index contributed by atoms with van der Waals surface area (Å²) in [5, 5.41) is 0.671. The molecule has 6 nitrogen and oxygen atoms in total. The SMILES string of the molecule is Cn1c(=O)n(C2CCN(C(C)(Oc3nc4ccccc4s3)c3ccccc3)CC2)c2ccccc21. The minimum Gasteiger partial charge on any atom is -0.444 e. The maximum absolute atomic E-state index is 13.1. The minimum atomic E-state index is -0.663.